The largest absolute Gasteiger partial charge is 0.484 e. The lowest BCUT2D eigenvalue weighted by molar-refractivity contribution is -0.142. The standard InChI is InChI=1S/C26H33ClN2O3/c1-18-12-19(2)14-24(13-18)32-17-25(30)29(16-21-8-7-9-22(27)15-21)20(3)26(31)28-23-10-5-4-6-11-23/h7-9,12-15,20,23H,4-6,10-11,16-17H2,1-3H3,(H,28,31). The maximum absolute atomic E-state index is 13.2. The number of nitrogens with one attached hydrogen (secondary N) is 1. The molecule has 0 radical (unpaired) electrons. The third-order valence-corrected chi connectivity index (χ3v) is 6.15. The highest BCUT2D eigenvalue weighted by atomic mass is 35.5. The molecule has 2 aromatic carbocycles. The Kier molecular flexibility index (Phi) is 8.57. The third kappa shape index (κ3) is 6.99. The van der Waals surface area contributed by atoms with Gasteiger partial charge in [-0.3, -0.25) is 9.59 Å². The number of halogens is 1. The van der Waals surface area contributed by atoms with Crippen LogP contribution in [0.2, 0.25) is 5.02 Å². The molecule has 6 heteroatoms. The Bertz CT molecular complexity index is 920. The van der Waals surface area contributed by atoms with Gasteiger partial charge < -0.3 is 15.0 Å². The van der Waals surface area contributed by atoms with E-state index in [4.69, 9.17) is 16.3 Å². The van der Waals surface area contributed by atoms with Gasteiger partial charge in [-0.05, 0) is 74.6 Å². The number of hydrogen-bond donors (Lipinski definition) is 1. The number of carbonyl (C=O) groups is 2. The van der Waals surface area contributed by atoms with Crippen LogP contribution in [0.1, 0.15) is 55.7 Å². The minimum absolute atomic E-state index is 0.126. The maximum Gasteiger partial charge on any atom is 0.261 e. The van der Waals surface area contributed by atoms with Crippen LogP contribution in [0.25, 0.3) is 0 Å². The van der Waals surface area contributed by atoms with Crippen LogP contribution in [0, 0.1) is 13.8 Å². The molecule has 32 heavy (non-hydrogen) atoms. The molecule has 1 saturated carbocycles. The first-order chi connectivity index (χ1) is 15.3. The molecule has 0 bridgehead atoms. The quantitative estimate of drug-likeness (QED) is 0.593. The van der Waals surface area contributed by atoms with Crippen LogP contribution in [-0.4, -0.2) is 35.4 Å². The van der Waals surface area contributed by atoms with Gasteiger partial charge in [0.1, 0.15) is 11.8 Å². The molecule has 172 valence electrons. The van der Waals surface area contributed by atoms with Crippen molar-refractivity contribution in [3.63, 3.8) is 0 Å². The molecule has 0 aromatic heterocycles. The summed E-state index contributed by atoms with van der Waals surface area (Å²) in [5.74, 6) is 0.284. The Hall–Kier alpha value is -2.53. The van der Waals surface area contributed by atoms with E-state index in [1.807, 2.05) is 44.2 Å². The molecule has 1 unspecified atom stereocenters. The van der Waals surface area contributed by atoms with Gasteiger partial charge in [0.05, 0.1) is 0 Å². The van der Waals surface area contributed by atoms with E-state index in [-0.39, 0.29) is 31.0 Å². The summed E-state index contributed by atoms with van der Waals surface area (Å²) >= 11 is 6.14. The molecular formula is C26H33ClN2O3. The molecule has 1 fully saturated rings. The first kappa shape index (κ1) is 24.1. The van der Waals surface area contributed by atoms with Crippen LogP contribution in [0.15, 0.2) is 42.5 Å². The predicted molar refractivity (Wildman–Crippen MR) is 128 cm³/mol. The van der Waals surface area contributed by atoms with Crippen LogP contribution in [0.5, 0.6) is 5.75 Å². The topological polar surface area (TPSA) is 58.6 Å². The second kappa shape index (κ2) is 11.4. The van der Waals surface area contributed by atoms with Gasteiger partial charge >= 0.3 is 0 Å². The Balaban J connectivity index is 1.72. The van der Waals surface area contributed by atoms with Gasteiger partial charge in [-0.1, -0.05) is 49.1 Å². The van der Waals surface area contributed by atoms with Crippen molar-refractivity contribution in [3.8, 4) is 5.75 Å². The van der Waals surface area contributed by atoms with Crippen molar-refractivity contribution in [3.05, 3.63) is 64.2 Å². The second-order valence-corrected chi connectivity index (χ2v) is 9.22. The molecular weight excluding hydrogens is 424 g/mol. The number of carbonyl (C=O) groups excluding carboxylic acids is 2. The van der Waals surface area contributed by atoms with Crippen LogP contribution >= 0.6 is 11.6 Å². The number of aryl methyl sites for hydroxylation is 2. The molecule has 1 atom stereocenters. The van der Waals surface area contributed by atoms with Crippen molar-refractivity contribution in [1.82, 2.24) is 10.2 Å². The van der Waals surface area contributed by atoms with Gasteiger partial charge in [-0.2, -0.15) is 0 Å². The zero-order chi connectivity index (χ0) is 23.1. The van der Waals surface area contributed by atoms with E-state index in [0.717, 1.165) is 42.4 Å². The van der Waals surface area contributed by atoms with Gasteiger partial charge in [0, 0.05) is 17.6 Å². The number of benzene rings is 2. The van der Waals surface area contributed by atoms with E-state index < -0.39 is 6.04 Å². The highest BCUT2D eigenvalue weighted by Crippen LogP contribution is 2.20. The molecule has 0 spiro atoms. The average Bonchev–Trinajstić information content (AvgIpc) is 2.75. The summed E-state index contributed by atoms with van der Waals surface area (Å²) in [5, 5.41) is 3.74. The van der Waals surface area contributed by atoms with Crippen molar-refractivity contribution in [2.75, 3.05) is 6.61 Å². The number of amides is 2. The highest BCUT2D eigenvalue weighted by Gasteiger charge is 2.28. The maximum atomic E-state index is 13.2. The zero-order valence-electron chi connectivity index (χ0n) is 19.2. The smallest absolute Gasteiger partial charge is 0.261 e. The monoisotopic (exact) mass is 456 g/mol. The Morgan fingerprint density at radius 1 is 1.09 bits per heavy atom. The molecule has 0 heterocycles. The minimum Gasteiger partial charge on any atom is -0.484 e. The molecule has 1 aliphatic rings. The number of ether oxygens (including phenoxy) is 1. The van der Waals surface area contributed by atoms with Gasteiger partial charge in [0.15, 0.2) is 6.61 Å². The van der Waals surface area contributed by atoms with E-state index in [2.05, 4.69) is 11.4 Å². The SMILES string of the molecule is Cc1cc(C)cc(OCC(=O)N(Cc2cccc(Cl)c2)C(C)C(=O)NC2CCCCC2)c1. The molecule has 3 rings (SSSR count). The predicted octanol–water partition coefficient (Wildman–Crippen LogP) is 5.20. The van der Waals surface area contributed by atoms with Gasteiger partial charge in [0.2, 0.25) is 5.91 Å². The summed E-state index contributed by atoms with van der Waals surface area (Å²) in [5.41, 5.74) is 3.02. The van der Waals surface area contributed by atoms with E-state index in [0.29, 0.717) is 10.8 Å². The fourth-order valence-electron chi connectivity index (χ4n) is 4.23. The highest BCUT2D eigenvalue weighted by molar-refractivity contribution is 6.30. The summed E-state index contributed by atoms with van der Waals surface area (Å²) in [6, 6.07) is 12.8. The summed E-state index contributed by atoms with van der Waals surface area (Å²) < 4.78 is 5.80. The minimum atomic E-state index is -0.619. The second-order valence-electron chi connectivity index (χ2n) is 8.78. The van der Waals surface area contributed by atoms with E-state index in [1.165, 1.54) is 6.42 Å². The van der Waals surface area contributed by atoms with Crippen LogP contribution in [0.4, 0.5) is 0 Å². The lowest BCUT2D eigenvalue weighted by Crippen LogP contribution is -2.51. The lowest BCUT2D eigenvalue weighted by Gasteiger charge is -2.31. The summed E-state index contributed by atoms with van der Waals surface area (Å²) in [4.78, 5) is 27.8. The molecule has 5 nitrogen and oxygen atoms in total. The molecule has 0 aliphatic heterocycles. The first-order valence-corrected chi connectivity index (χ1v) is 11.7. The Labute approximate surface area is 196 Å². The van der Waals surface area contributed by atoms with Crippen LogP contribution < -0.4 is 10.1 Å². The summed E-state index contributed by atoms with van der Waals surface area (Å²) in [6.07, 6.45) is 5.48. The van der Waals surface area contributed by atoms with Crippen molar-refractivity contribution in [2.24, 2.45) is 0 Å². The molecule has 0 saturated heterocycles. The molecule has 2 aromatic rings. The summed E-state index contributed by atoms with van der Waals surface area (Å²) in [6.45, 7) is 5.91. The van der Waals surface area contributed by atoms with E-state index in [9.17, 15) is 9.59 Å². The normalized spacial score (nSPS) is 15.1. The first-order valence-electron chi connectivity index (χ1n) is 11.4. The van der Waals surface area contributed by atoms with Gasteiger partial charge in [0.25, 0.3) is 5.91 Å². The van der Waals surface area contributed by atoms with Gasteiger partial charge in [-0.25, -0.2) is 0 Å². The fraction of sp³-hybridized carbons (Fsp3) is 0.462. The fourth-order valence-corrected chi connectivity index (χ4v) is 4.44. The van der Waals surface area contributed by atoms with Crippen LogP contribution in [0.3, 0.4) is 0 Å². The van der Waals surface area contributed by atoms with Crippen molar-refractivity contribution < 1.29 is 14.3 Å². The molecule has 1 aliphatic carbocycles. The van der Waals surface area contributed by atoms with Crippen LogP contribution in [-0.2, 0) is 16.1 Å². The van der Waals surface area contributed by atoms with Crippen molar-refractivity contribution in [1.29, 1.82) is 0 Å². The van der Waals surface area contributed by atoms with Crippen molar-refractivity contribution >= 4 is 23.4 Å². The molecule has 1 N–H and O–H groups in total. The lowest BCUT2D eigenvalue weighted by atomic mass is 9.95. The average molecular weight is 457 g/mol. The Morgan fingerprint density at radius 2 is 1.78 bits per heavy atom. The van der Waals surface area contributed by atoms with Gasteiger partial charge in [-0.15, -0.1) is 0 Å². The Morgan fingerprint density at radius 3 is 2.44 bits per heavy atom. The zero-order valence-corrected chi connectivity index (χ0v) is 20.0. The number of nitrogens with zero attached hydrogens (tertiary/aromatic N) is 1. The third-order valence-electron chi connectivity index (χ3n) is 5.92. The number of hydrogen-bond acceptors (Lipinski definition) is 3. The van der Waals surface area contributed by atoms with Crippen molar-refractivity contribution in [2.45, 2.75) is 71.5 Å². The number of rotatable bonds is 8. The summed E-state index contributed by atoms with van der Waals surface area (Å²) in [7, 11) is 0. The van der Waals surface area contributed by atoms with E-state index >= 15 is 0 Å². The molecule has 2 amide bonds. The van der Waals surface area contributed by atoms with E-state index in [1.54, 1.807) is 17.9 Å².